The minimum atomic E-state index is -0.299. The third-order valence-corrected chi connectivity index (χ3v) is 3.92. The van der Waals surface area contributed by atoms with Gasteiger partial charge in [0.2, 0.25) is 0 Å². The summed E-state index contributed by atoms with van der Waals surface area (Å²) < 4.78 is 6.06. The first-order valence-electron chi connectivity index (χ1n) is 5.57. The number of ether oxygens (including phenoxy) is 1. The topological polar surface area (TPSA) is 51.2 Å². The Labute approximate surface area is 109 Å². The minimum absolute atomic E-state index is 0.0295. The standard InChI is InChI=1S/C12H15BrN2O2/c1-8-12(2,5-7-17-8)15-11(16)9-4-3-6-14-10(9)13/h3-4,6,8H,5,7H2,1-2H3,(H,15,16). The first kappa shape index (κ1) is 12.5. The Balaban J connectivity index is 2.15. The van der Waals surface area contributed by atoms with Crippen molar-refractivity contribution in [1.82, 2.24) is 10.3 Å². The Morgan fingerprint density at radius 3 is 3.06 bits per heavy atom. The van der Waals surface area contributed by atoms with Crippen LogP contribution in [0, 0.1) is 0 Å². The van der Waals surface area contributed by atoms with Crippen molar-refractivity contribution in [2.45, 2.75) is 31.9 Å². The molecule has 0 aliphatic carbocycles. The summed E-state index contributed by atoms with van der Waals surface area (Å²) in [7, 11) is 0. The first-order valence-corrected chi connectivity index (χ1v) is 6.37. The van der Waals surface area contributed by atoms with Crippen molar-refractivity contribution in [1.29, 1.82) is 0 Å². The van der Waals surface area contributed by atoms with Gasteiger partial charge in [0.1, 0.15) is 4.60 Å². The molecule has 2 heterocycles. The molecule has 1 aromatic heterocycles. The number of hydrogen-bond acceptors (Lipinski definition) is 3. The lowest BCUT2D eigenvalue weighted by Gasteiger charge is -2.28. The Bertz CT molecular complexity index is 438. The fraction of sp³-hybridized carbons (Fsp3) is 0.500. The lowest BCUT2D eigenvalue weighted by Crippen LogP contribution is -2.50. The molecule has 5 heteroatoms. The van der Waals surface area contributed by atoms with E-state index in [9.17, 15) is 4.79 Å². The Hall–Kier alpha value is -0.940. The zero-order valence-electron chi connectivity index (χ0n) is 9.87. The van der Waals surface area contributed by atoms with E-state index in [4.69, 9.17) is 4.74 Å². The van der Waals surface area contributed by atoms with Gasteiger partial charge in [-0.2, -0.15) is 0 Å². The summed E-state index contributed by atoms with van der Waals surface area (Å²) in [6, 6.07) is 3.49. The molecule has 92 valence electrons. The van der Waals surface area contributed by atoms with E-state index in [0.717, 1.165) is 6.42 Å². The van der Waals surface area contributed by atoms with E-state index >= 15 is 0 Å². The van der Waals surface area contributed by atoms with Crippen molar-refractivity contribution in [3.8, 4) is 0 Å². The normalized spacial score (nSPS) is 28.1. The number of rotatable bonds is 2. The van der Waals surface area contributed by atoms with Gasteiger partial charge in [0.25, 0.3) is 5.91 Å². The molecule has 0 saturated carbocycles. The quantitative estimate of drug-likeness (QED) is 0.851. The first-order chi connectivity index (χ1) is 8.03. The molecule has 1 aromatic rings. The van der Waals surface area contributed by atoms with Crippen LogP contribution in [0.5, 0.6) is 0 Å². The third-order valence-electron chi connectivity index (χ3n) is 3.29. The maximum Gasteiger partial charge on any atom is 0.254 e. The molecule has 1 aliphatic heterocycles. The van der Waals surface area contributed by atoms with Gasteiger partial charge >= 0.3 is 0 Å². The number of nitrogens with one attached hydrogen (secondary N) is 1. The van der Waals surface area contributed by atoms with Crippen molar-refractivity contribution in [2.24, 2.45) is 0 Å². The molecule has 2 rings (SSSR count). The fourth-order valence-electron chi connectivity index (χ4n) is 1.88. The second-order valence-corrected chi connectivity index (χ2v) is 5.23. The van der Waals surface area contributed by atoms with E-state index in [-0.39, 0.29) is 17.6 Å². The second kappa shape index (κ2) is 4.74. The minimum Gasteiger partial charge on any atom is -0.376 e. The van der Waals surface area contributed by atoms with Crippen LogP contribution in [0.25, 0.3) is 0 Å². The molecule has 1 amide bonds. The van der Waals surface area contributed by atoms with Crippen LogP contribution in [0.1, 0.15) is 30.6 Å². The SMILES string of the molecule is CC1OCCC1(C)NC(=O)c1cccnc1Br. The van der Waals surface area contributed by atoms with Crippen molar-refractivity contribution in [2.75, 3.05) is 6.61 Å². The number of nitrogens with zero attached hydrogens (tertiary/aromatic N) is 1. The van der Waals surface area contributed by atoms with Crippen LogP contribution < -0.4 is 5.32 Å². The van der Waals surface area contributed by atoms with Crippen LogP contribution in [0.4, 0.5) is 0 Å². The highest BCUT2D eigenvalue weighted by atomic mass is 79.9. The summed E-state index contributed by atoms with van der Waals surface area (Å²) in [5.74, 6) is -0.121. The number of carbonyl (C=O) groups is 1. The molecule has 0 radical (unpaired) electrons. The van der Waals surface area contributed by atoms with E-state index in [1.54, 1.807) is 18.3 Å². The summed E-state index contributed by atoms with van der Waals surface area (Å²) in [4.78, 5) is 16.2. The van der Waals surface area contributed by atoms with Gasteiger partial charge < -0.3 is 10.1 Å². The van der Waals surface area contributed by atoms with Crippen molar-refractivity contribution in [3.63, 3.8) is 0 Å². The van der Waals surface area contributed by atoms with Crippen LogP contribution in [0.2, 0.25) is 0 Å². The zero-order valence-corrected chi connectivity index (χ0v) is 11.5. The van der Waals surface area contributed by atoms with Gasteiger partial charge in [-0.1, -0.05) is 0 Å². The molecule has 0 bridgehead atoms. The van der Waals surface area contributed by atoms with Gasteiger partial charge in [-0.3, -0.25) is 4.79 Å². The van der Waals surface area contributed by atoms with Crippen LogP contribution in [-0.2, 0) is 4.74 Å². The Morgan fingerprint density at radius 1 is 1.71 bits per heavy atom. The van der Waals surface area contributed by atoms with Crippen LogP contribution in [0.15, 0.2) is 22.9 Å². The van der Waals surface area contributed by atoms with E-state index < -0.39 is 0 Å². The molecule has 1 fully saturated rings. The maximum absolute atomic E-state index is 12.1. The van der Waals surface area contributed by atoms with Crippen molar-refractivity contribution >= 4 is 21.8 Å². The van der Waals surface area contributed by atoms with Crippen LogP contribution in [0.3, 0.4) is 0 Å². The number of pyridine rings is 1. The van der Waals surface area contributed by atoms with Crippen LogP contribution >= 0.6 is 15.9 Å². The largest absolute Gasteiger partial charge is 0.376 e. The number of carbonyl (C=O) groups excluding carboxylic acids is 1. The van der Waals surface area contributed by atoms with E-state index in [0.29, 0.717) is 16.8 Å². The Kier molecular flexibility index (Phi) is 3.49. The van der Waals surface area contributed by atoms with Gasteiger partial charge in [-0.25, -0.2) is 4.98 Å². The molecule has 1 aliphatic rings. The summed E-state index contributed by atoms with van der Waals surface area (Å²) in [5.41, 5.74) is 0.250. The maximum atomic E-state index is 12.1. The van der Waals surface area contributed by atoms with Crippen molar-refractivity contribution < 1.29 is 9.53 Å². The molecule has 1 N–H and O–H groups in total. The van der Waals surface area contributed by atoms with Gasteiger partial charge in [0.05, 0.1) is 17.2 Å². The zero-order chi connectivity index (χ0) is 12.5. The molecule has 0 aromatic carbocycles. The second-order valence-electron chi connectivity index (χ2n) is 4.48. The molecular formula is C12H15BrN2O2. The molecule has 17 heavy (non-hydrogen) atoms. The highest BCUT2D eigenvalue weighted by Crippen LogP contribution is 2.26. The summed E-state index contributed by atoms with van der Waals surface area (Å²) in [6.45, 7) is 4.67. The summed E-state index contributed by atoms with van der Waals surface area (Å²) in [6.07, 6.45) is 2.50. The molecular weight excluding hydrogens is 284 g/mol. The number of aromatic nitrogens is 1. The molecule has 0 spiro atoms. The summed E-state index contributed by atoms with van der Waals surface area (Å²) in [5, 5.41) is 3.03. The highest BCUT2D eigenvalue weighted by Gasteiger charge is 2.38. The molecule has 4 nitrogen and oxygen atoms in total. The highest BCUT2D eigenvalue weighted by molar-refractivity contribution is 9.10. The molecule has 2 atom stereocenters. The Morgan fingerprint density at radius 2 is 2.47 bits per heavy atom. The number of amides is 1. The molecule has 1 saturated heterocycles. The van der Waals surface area contributed by atoms with E-state index in [2.05, 4.69) is 26.2 Å². The van der Waals surface area contributed by atoms with Gasteiger partial charge in [0.15, 0.2) is 0 Å². The third kappa shape index (κ3) is 2.50. The summed E-state index contributed by atoms with van der Waals surface area (Å²) >= 11 is 3.28. The van der Waals surface area contributed by atoms with E-state index in [1.807, 2.05) is 13.8 Å². The number of halogens is 1. The van der Waals surface area contributed by atoms with Gasteiger partial charge in [0, 0.05) is 12.8 Å². The monoisotopic (exact) mass is 298 g/mol. The number of hydrogen-bond donors (Lipinski definition) is 1. The van der Waals surface area contributed by atoms with Gasteiger partial charge in [-0.15, -0.1) is 0 Å². The lowest BCUT2D eigenvalue weighted by molar-refractivity contribution is 0.0726. The average molecular weight is 299 g/mol. The van der Waals surface area contributed by atoms with E-state index in [1.165, 1.54) is 0 Å². The fourth-order valence-corrected chi connectivity index (χ4v) is 2.31. The predicted octanol–water partition coefficient (Wildman–Crippen LogP) is 2.14. The smallest absolute Gasteiger partial charge is 0.254 e. The van der Waals surface area contributed by atoms with Gasteiger partial charge in [-0.05, 0) is 48.3 Å². The molecule has 2 unspecified atom stereocenters. The average Bonchev–Trinajstić information content (AvgIpc) is 2.59. The van der Waals surface area contributed by atoms with Crippen LogP contribution in [-0.4, -0.2) is 29.1 Å². The lowest BCUT2D eigenvalue weighted by atomic mass is 9.94. The van der Waals surface area contributed by atoms with Crippen molar-refractivity contribution in [3.05, 3.63) is 28.5 Å². The predicted molar refractivity (Wildman–Crippen MR) is 67.8 cm³/mol.